The molecular weight excluding hydrogens is 216 g/mol. The highest BCUT2D eigenvalue weighted by Crippen LogP contribution is 2.23. The van der Waals surface area contributed by atoms with Gasteiger partial charge in [0.25, 0.3) is 0 Å². The number of nitrogens with zero attached hydrogens (tertiary/aromatic N) is 1. The molecule has 1 heterocycles. The Bertz CT molecular complexity index is 389. The summed E-state index contributed by atoms with van der Waals surface area (Å²) in [4.78, 5) is 13.6. The van der Waals surface area contributed by atoms with Gasteiger partial charge in [0.15, 0.2) is 0 Å². The summed E-state index contributed by atoms with van der Waals surface area (Å²) < 4.78 is 4.94. The quantitative estimate of drug-likeness (QED) is 0.809. The summed E-state index contributed by atoms with van der Waals surface area (Å²) >= 11 is 0. The largest absolute Gasteiger partial charge is 0.462 e. The molecule has 2 N–H and O–H groups in total. The second-order valence-corrected chi connectivity index (χ2v) is 4.17. The van der Waals surface area contributed by atoms with Crippen LogP contribution in [-0.4, -0.2) is 25.3 Å². The molecule has 0 spiro atoms. The Morgan fingerprint density at radius 2 is 2.18 bits per heavy atom. The summed E-state index contributed by atoms with van der Waals surface area (Å²) in [7, 11) is 0. The second-order valence-electron chi connectivity index (χ2n) is 4.17. The molecule has 1 aliphatic rings. The Hall–Kier alpha value is -1.55. The number of hydrogen-bond acceptors (Lipinski definition) is 4. The van der Waals surface area contributed by atoms with E-state index in [4.69, 9.17) is 10.5 Å². The van der Waals surface area contributed by atoms with E-state index in [0.29, 0.717) is 12.2 Å². The summed E-state index contributed by atoms with van der Waals surface area (Å²) in [6.07, 6.45) is 2.25. The summed E-state index contributed by atoms with van der Waals surface area (Å²) in [6, 6.07) is 7.44. The maximum Gasteiger partial charge on any atom is 0.338 e. The van der Waals surface area contributed by atoms with Crippen molar-refractivity contribution in [3.63, 3.8) is 0 Å². The van der Waals surface area contributed by atoms with E-state index in [9.17, 15) is 4.79 Å². The molecule has 0 amide bonds. The Labute approximate surface area is 101 Å². The first kappa shape index (κ1) is 11.9. The van der Waals surface area contributed by atoms with Crippen molar-refractivity contribution < 1.29 is 9.53 Å². The average Bonchev–Trinajstić information content (AvgIpc) is 2.76. The first-order valence-corrected chi connectivity index (χ1v) is 6.02. The van der Waals surface area contributed by atoms with Crippen molar-refractivity contribution in [2.45, 2.75) is 25.9 Å². The van der Waals surface area contributed by atoms with Crippen LogP contribution in [0, 0.1) is 0 Å². The van der Waals surface area contributed by atoms with Gasteiger partial charge in [-0.3, -0.25) is 0 Å². The van der Waals surface area contributed by atoms with Crippen molar-refractivity contribution in [3.8, 4) is 0 Å². The van der Waals surface area contributed by atoms with Gasteiger partial charge < -0.3 is 15.4 Å². The highest BCUT2D eigenvalue weighted by molar-refractivity contribution is 5.89. The van der Waals surface area contributed by atoms with E-state index >= 15 is 0 Å². The van der Waals surface area contributed by atoms with Crippen LogP contribution in [0.1, 0.15) is 30.1 Å². The number of anilines is 1. The predicted octanol–water partition coefficient (Wildman–Crippen LogP) is 1.75. The number of carbonyl (C=O) groups excluding carboxylic acids is 1. The van der Waals surface area contributed by atoms with E-state index in [0.717, 1.165) is 25.1 Å². The molecule has 92 valence electrons. The summed E-state index contributed by atoms with van der Waals surface area (Å²) in [5, 5.41) is 0. The van der Waals surface area contributed by atoms with Crippen LogP contribution in [0.2, 0.25) is 0 Å². The molecule has 1 atom stereocenters. The fraction of sp³-hybridized carbons (Fsp3) is 0.462. The molecule has 1 aliphatic heterocycles. The third kappa shape index (κ3) is 2.58. The van der Waals surface area contributed by atoms with Crippen LogP contribution in [0.25, 0.3) is 0 Å². The lowest BCUT2D eigenvalue weighted by atomic mass is 10.2. The lowest BCUT2D eigenvalue weighted by Gasteiger charge is -2.23. The van der Waals surface area contributed by atoms with Crippen molar-refractivity contribution in [3.05, 3.63) is 29.8 Å². The third-order valence-corrected chi connectivity index (χ3v) is 3.01. The minimum atomic E-state index is -0.273. The van der Waals surface area contributed by atoms with Crippen LogP contribution in [0.15, 0.2) is 24.3 Å². The van der Waals surface area contributed by atoms with E-state index in [2.05, 4.69) is 4.90 Å². The van der Waals surface area contributed by atoms with Crippen molar-refractivity contribution in [1.29, 1.82) is 0 Å². The highest BCUT2D eigenvalue weighted by atomic mass is 16.5. The zero-order chi connectivity index (χ0) is 12.3. The first-order valence-electron chi connectivity index (χ1n) is 6.02. The van der Waals surface area contributed by atoms with Crippen LogP contribution in [0.4, 0.5) is 5.69 Å². The van der Waals surface area contributed by atoms with E-state index < -0.39 is 0 Å². The minimum Gasteiger partial charge on any atom is -0.462 e. The molecule has 17 heavy (non-hydrogen) atoms. The van der Waals surface area contributed by atoms with Crippen molar-refractivity contribution in [1.82, 2.24) is 0 Å². The SMILES string of the molecule is CCOC(=O)c1ccc(N2CCC[C@@H]2N)cc1. The number of rotatable bonds is 3. The zero-order valence-electron chi connectivity index (χ0n) is 10.1. The van der Waals surface area contributed by atoms with Gasteiger partial charge in [0.05, 0.1) is 18.3 Å². The number of ether oxygens (including phenoxy) is 1. The Morgan fingerprint density at radius 1 is 1.47 bits per heavy atom. The number of nitrogens with two attached hydrogens (primary N) is 1. The summed E-state index contributed by atoms with van der Waals surface area (Å²) in [5.41, 5.74) is 7.65. The number of esters is 1. The third-order valence-electron chi connectivity index (χ3n) is 3.01. The molecule has 0 aliphatic carbocycles. The number of hydrogen-bond donors (Lipinski definition) is 1. The molecular formula is C13H18N2O2. The summed E-state index contributed by atoms with van der Waals surface area (Å²) in [5.74, 6) is -0.273. The molecule has 0 unspecified atom stereocenters. The molecule has 1 aromatic rings. The predicted molar refractivity (Wildman–Crippen MR) is 67.0 cm³/mol. The molecule has 1 fully saturated rings. The van der Waals surface area contributed by atoms with Gasteiger partial charge >= 0.3 is 5.97 Å². The van der Waals surface area contributed by atoms with Crippen LogP contribution in [0.5, 0.6) is 0 Å². The van der Waals surface area contributed by atoms with E-state index in [1.807, 2.05) is 12.1 Å². The molecule has 1 saturated heterocycles. The Morgan fingerprint density at radius 3 is 2.71 bits per heavy atom. The topological polar surface area (TPSA) is 55.6 Å². The lowest BCUT2D eigenvalue weighted by molar-refractivity contribution is 0.0526. The van der Waals surface area contributed by atoms with E-state index in [1.165, 1.54) is 0 Å². The van der Waals surface area contributed by atoms with Crippen molar-refractivity contribution >= 4 is 11.7 Å². The minimum absolute atomic E-state index is 0.100. The van der Waals surface area contributed by atoms with Gasteiger partial charge in [-0.2, -0.15) is 0 Å². The molecule has 2 rings (SSSR count). The first-order chi connectivity index (χ1) is 8.22. The second kappa shape index (κ2) is 5.19. The lowest BCUT2D eigenvalue weighted by Crippen LogP contribution is -2.36. The van der Waals surface area contributed by atoms with Crippen LogP contribution < -0.4 is 10.6 Å². The Kier molecular flexibility index (Phi) is 3.64. The van der Waals surface area contributed by atoms with Gasteiger partial charge in [-0.05, 0) is 44.0 Å². The van der Waals surface area contributed by atoms with Gasteiger partial charge in [-0.1, -0.05) is 0 Å². The van der Waals surface area contributed by atoms with Crippen LogP contribution in [0.3, 0.4) is 0 Å². The molecule has 1 aromatic carbocycles. The zero-order valence-corrected chi connectivity index (χ0v) is 10.1. The Balaban J connectivity index is 2.10. The van der Waals surface area contributed by atoms with Crippen molar-refractivity contribution in [2.75, 3.05) is 18.1 Å². The van der Waals surface area contributed by atoms with Gasteiger partial charge in [0, 0.05) is 12.2 Å². The van der Waals surface area contributed by atoms with E-state index in [1.54, 1.807) is 19.1 Å². The normalized spacial score (nSPS) is 19.4. The standard InChI is InChI=1S/C13H18N2O2/c1-2-17-13(16)10-5-7-11(8-6-10)15-9-3-4-12(15)14/h5-8,12H,2-4,9,14H2,1H3/t12-/m1/s1. The molecule has 4 heteroatoms. The maximum atomic E-state index is 11.5. The summed E-state index contributed by atoms with van der Waals surface area (Å²) in [6.45, 7) is 3.19. The smallest absolute Gasteiger partial charge is 0.338 e. The monoisotopic (exact) mass is 234 g/mol. The fourth-order valence-electron chi connectivity index (χ4n) is 2.12. The van der Waals surface area contributed by atoms with Gasteiger partial charge in [0.1, 0.15) is 0 Å². The maximum absolute atomic E-state index is 11.5. The number of carbonyl (C=O) groups is 1. The highest BCUT2D eigenvalue weighted by Gasteiger charge is 2.20. The average molecular weight is 234 g/mol. The molecule has 0 saturated carbocycles. The van der Waals surface area contributed by atoms with Crippen LogP contribution in [-0.2, 0) is 4.74 Å². The van der Waals surface area contributed by atoms with Gasteiger partial charge in [0.2, 0.25) is 0 Å². The van der Waals surface area contributed by atoms with Gasteiger partial charge in [-0.25, -0.2) is 4.79 Å². The van der Waals surface area contributed by atoms with E-state index in [-0.39, 0.29) is 12.1 Å². The number of benzene rings is 1. The molecule has 4 nitrogen and oxygen atoms in total. The fourth-order valence-corrected chi connectivity index (χ4v) is 2.12. The molecule has 0 bridgehead atoms. The van der Waals surface area contributed by atoms with Crippen LogP contribution >= 0.6 is 0 Å². The van der Waals surface area contributed by atoms with Crippen molar-refractivity contribution in [2.24, 2.45) is 5.73 Å². The van der Waals surface area contributed by atoms with Gasteiger partial charge in [-0.15, -0.1) is 0 Å². The molecule has 0 radical (unpaired) electrons. The molecule has 0 aromatic heterocycles.